The van der Waals surface area contributed by atoms with Gasteiger partial charge in [-0.2, -0.15) is 5.26 Å². The molecule has 0 aromatic rings. The van der Waals surface area contributed by atoms with E-state index < -0.39 is 0 Å². The number of carbonyl (C=O) groups is 1. The number of carbonyl (C=O) groups excluding carboxylic acids is 1. The molecule has 0 N–H and O–H groups in total. The first-order chi connectivity index (χ1) is 6.54. The zero-order valence-electron chi connectivity index (χ0n) is 9.30. The van der Waals surface area contributed by atoms with Crippen molar-refractivity contribution < 1.29 is 9.53 Å². The summed E-state index contributed by atoms with van der Waals surface area (Å²) in [7, 11) is 0. The van der Waals surface area contributed by atoms with Crippen LogP contribution in [0.1, 0.15) is 46.5 Å². The highest BCUT2D eigenvalue weighted by molar-refractivity contribution is 5.75. The average Bonchev–Trinajstić information content (AvgIpc) is 2.12. The van der Waals surface area contributed by atoms with Gasteiger partial charge < -0.3 is 4.74 Å². The normalized spacial score (nSPS) is 10.7. The third-order valence-corrected chi connectivity index (χ3v) is 2.09. The SMILES string of the molecule is CCCC(C)(C)C(=O)OCCCC#N. The summed E-state index contributed by atoms with van der Waals surface area (Å²) in [6, 6.07) is 2.01. The van der Waals surface area contributed by atoms with E-state index in [4.69, 9.17) is 10.00 Å². The maximum absolute atomic E-state index is 11.5. The molecule has 0 bridgehead atoms. The summed E-state index contributed by atoms with van der Waals surface area (Å²) in [6.07, 6.45) is 2.89. The largest absolute Gasteiger partial charge is 0.465 e. The van der Waals surface area contributed by atoms with Crippen molar-refractivity contribution in [3.05, 3.63) is 0 Å². The first-order valence-corrected chi connectivity index (χ1v) is 5.08. The van der Waals surface area contributed by atoms with Crippen molar-refractivity contribution in [2.75, 3.05) is 6.61 Å². The number of nitrogens with zero attached hydrogens (tertiary/aromatic N) is 1. The van der Waals surface area contributed by atoms with Crippen LogP contribution in [0, 0.1) is 16.7 Å². The minimum absolute atomic E-state index is 0.155. The molecule has 0 aliphatic rings. The van der Waals surface area contributed by atoms with Crippen molar-refractivity contribution in [3.8, 4) is 6.07 Å². The minimum Gasteiger partial charge on any atom is -0.465 e. The first-order valence-electron chi connectivity index (χ1n) is 5.08. The Balaban J connectivity index is 3.78. The van der Waals surface area contributed by atoms with E-state index in [1.165, 1.54) is 0 Å². The molecule has 0 aromatic heterocycles. The lowest BCUT2D eigenvalue weighted by Crippen LogP contribution is -2.26. The van der Waals surface area contributed by atoms with E-state index >= 15 is 0 Å². The van der Waals surface area contributed by atoms with Gasteiger partial charge in [-0.15, -0.1) is 0 Å². The highest BCUT2D eigenvalue weighted by atomic mass is 16.5. The van der Waals surface area contributed by atoms with E-state index in [0.717, 1.165) is 12.8 Å². The molecule has 0 heterocycles. The highest BCUT2D eigenvalue weighted by Gasteiger charge is 2.27. The lowest BCUT2D eigenvalue weighted by Gasteiger charge is -2.21. The predicted octanol–water partition coefficient (Wildman–Crippen LogP) is 2.66. The molecule has 0 atom stereocenters. The summed E-state index contributed by atoms with van der Waals surface area (Å²) < 4.78 is 5.07. The summed E-state index contributed by atoms with van der Waals surface area (Å²) in [4.78, 5) is 11.5. The minimum atomic E-state index is -0.388. The third kappa shape index (κ3) is 4.86. The van der Waals surface area contributed by atoms with Crippen molar-refractivity contribution in [1.82, 2.24) is 0 Å². The van der Waals surface area contributed by atoms with Gasteiger partial charge in [-0.05, 0) is 26.7 Å². The number of hydrogen-bond donors (Lipinski definition) is 0. The smallest absolute Gasteiger partial charge is 0.311 e. The van der Waals surface area contributed by atoms with Gasteiger partial charge in [0.2, 0.25) is 0 Å². The molecule has 0 aliphatic heterocycles. The van der Waals surface area contributed by atoms with Crippen LogP contribution in [0.3, 0.4) is 0 Å². The van der Waals surface area contributed by atoms with Crippen LogP contribution in [0.25, 0.3) is 0 Å². The van der Waals surface area contributed by atoms with Crippen molar-refractivity contribution in [3.63, 3.8) is 0 Å². The molecule has 14 heavy (non-hydrogen) atoms. The predicted molar refractivity (Wildman–Crippen MR) is 54.5 cm³/mol. The summed E-state index contributed by atoms with van der Waals surface area (Å²) in [5.41, 5.74) is -0.388. The van der Waals surface area contributed by atoms with Crippen molar-refractivity contribution in [1.29, 1.82) is 5.26 Å². The number of hydrogen-bond acceptors (Lipinski definition) is 3. The third-order valence-electron chi connectivity index (χ3n) is 2.09. The summed E-state index contributed by atoms with van der Waals surface area (Å²) >= 11 is 0. The van der Waals surface area contributed by atoms with Gasteiger partial charge in [0.05, 0.1) is 18.1 Å². The number of ether oxygens (including phenoxy) is 1. The lowest BCUT2D eigenvalue weighted by molar-refractivity contribution is -0.154. The van der Waals surface area contributed by atoms with E-state index in [-0.39, 0.29) is 11.4 Å². The zero-order valence-corrected chi connectivity index (χ0v) is 9.30. The monoisotopic (exact) mass is 197 g/mol. The second-order valence-corrected chi connectivity index (χ2v) is 4.03. The van der Waals surface area contributed by atoms with E-state index in [9.17, 15) is 4.79 Å². The quantitative estimate of drug-likeness (QED) is 0.486. The molecule has 0 fully saturated rings. The number of nitriles is 1. The Morgan fingerprint density at radius 1 is 1.50 bits per heavy atom. The zero-order chi connectivity index (χ0) is 11.0. The summed E-state index contributed by atoms with van der Waals surface area (Å²) in [6.45, 7) is 6.19. The molecule has 0 radical (unpaired) electrons. The maximum atomic E-state index is 11.5. The van der Waals surface area contributed by atoms with Gasteiger partial charge in [-0.1, -0.05) is 13.3 Å². The van der Waals surface area contributed by atoms with Crippen LogP contribution in [0.2, 0.25) is 0 Å². The van der Waals surface area contributed by atoms with Crippen LogP contribution >= 0.6 is 0 Å². The molecule has 0 amide bonds. The van der Waals surface area contributed by atoms with Gasteiger partial charge in [0.1, 0.15) is 0 Å². The number of rotatable bonds is 6. The van der Waals surface area contributed by atoms with E-state index in [2.05, 4.69) is 0 Å². The fraction of sp³-hybridized carbons (Fsp3) is 0.818. The first kappa shape index (κ1) is 13.0. The van der Waals surface area contributed by atoms with Crippen LogP contribution < -0.4 is 0 Å². The maximum Gasteiger partial charge on any atom is 0.311 e. The van der Waals surface area contributed by atoms with Gasteiger partial charge in [0.25, 0.3) is 0 Å². The Kier molecular flexibility index (Phi) is 5.94. The molecule has 80 valence electrons. The van der Waals surface area contributed by atoms with Gasteiger partial charge in [-0.25, -0.2) is 0 Å². The van der Waals surface area contributed by atoms with Crippen molar-refractivity contribution in [2.24, 2.45) is 5.41 Å². The molecule has 0 spiro atoms. The second-order valence-electron chi connectivity index (χ2n) is 4.03. The summed E-state index contributed by atoms with van der Waals surface area (Å²) in [5.74, 6) is -0.155. The molecular weight excluding hydrogens is 178 g/mol. The van der Waals surface area contributed by atoms with E-state index in [1.54, 1.807) is 0 Å². The molecule has 3 nitrogen and oxygen atoms in total. The van der Waals surface area contributed by atoms with Gasteiger partial charge in [0.15, 0.2) is 0 Å². The molecule has 0 aromatic carbocycles. The van der Waals surface area contributed by atoms with Gasteiger partial charge in [0, 0.05) is 6.42 Å². The van der Waals surface area contributed by atoms with Crippen LogP contribution in [0.4, 0.5) is 0 Å². The van der Waals surface area contributed by atoms with Crippen LogP contribution in [-0.2, 0) is 9.53 Å². The fourth-order valence-electron chi connectivity index (χ4n) is 1.24. The molecule has 0 unspecified atom stereocenters. The van der Waals surface area contributed by atoms with Crippen molar-refractivity contribution in [2.45, 2.75) is 46.5 Å². The van der Waals surface area contributed by atoms with Gasteiger partial charge in [-0.3, -0.25) is 4.79 Å². The molecule has 3 heteroatoms. The molecular formula is C11H19NO2. The Labute approximate surface area is 86.1 Å². The number of esters is 1. The van der Waals surface area contributed by atoms with E-state index in [0.29, 0.717) is 19.4 Å². The Hall–Kier alpha value is -1.04. The van der Waals surface area contributed by atoms with E-state index in [1.807, 2.05) is 26.8 Å². The lowest BCUT2D eigenvalue weighted by atomic mass is 9.88. The van der Waals surface area contributed by atoms with Gasteiger partial charge >= 0.3 is 5.97 Å². The summed E-state index contributed by atoms with van der Waals surface area (Å²) in [5, 5.41) is 8.29. The Morgan fingerprint density at radius 2 is 2.14 bits per heavy atom. The fourth-order valence-corrected chi connectivity index (χ4v) is 1.24. The topological polar surface area (TPSA) is 50.1 Å². The molecule has 0 rings (SSSR count). The molecule has 0 saturated heterocycles. The Morgan fingerprint density at radius 3 is 2.64 bits per heavy atom. The average molecular weight is 197 g/mol. The highest BCUT2D eigenvalue weighted by Crippen LogP contribution is 2.23. The van der Waals surface area contributed by atoms with Crippen LogP contribution in [0.15, 0.2) is 0 Å². The van der Waals surface area contributed by atoms with Crippen LogP contribution in [-0.4, -0.2) is 12.6 Å². The molecule has 0 saturated carbocycles. The Bertz CT molecular complexity index is 216. The second kappa shape index (κ2) is 6.42. The molecule has 0 aliphatic carbocycles. The van der Waals surface area contributed by atoms with Crippen molar-refractivity contribution >= 4 is 5.97 Å². The standard InChI is InChI=1S/C11H19NO2/c1-4-7-11(2,3)10(13)14-9-6-5-8-12/h4-7,9H2,1-3H3. The van der Waals surface area contributed by atoms with Crippen LogP contribution in [0.5, 0.6) is 0 Å². The number of unbranched alkanes of at least 4 members (excludes halogenated alkanes) is 1.